The minimum atomic E-state index is -0.0462. The van der Waals surface area contributed by atoms with Crippen LogP contribution in [0.2, 0.25) is 0 Å². The fourth-order valence-corrected chi connectivity index (χ4v) is 2.78. The first-order valence-electron chi connectivity index (χ1n) is 8.29. The molecule has 0 radical (unpaired) electrons. The molecule has 0 unspecified atom stereocenters. The molecule has 0 bridgehead atoms. The van der Waals surface area contributed by atoms with E-state index in [1.54, 1.807) is 6.20 Å². The number of aromatic amines is 1. The van der Waals surface area contributed by atoms with Gasteiger partial charge in [-0.2, -0.15) is 10.2 Å². The Labute approximate surface area is 146 Å². The number of carbonyl (C=O) groups excluding carboxylic acids is 1. The van der Waals surface area contributed by atoms with Gasteiger partial charge in [-0.15, -0.1) is 5.10 Å². The number of morpholine rings is 1. The van der Waals surface area contributed by atoms with Gasteiger partial charge in [0.05, 0.1) is 36.3 Å². The highest BCUT2D eigenvalue weighted by Gasteiger charge is 2.22. The standard InChI is InChI=1S/C16H23N7O2/c1-11-16(12(2)21-20-11)19-15(24)10-23-6-7-25-13(9-23)8-17-14-4-3-5-18-22-14/h3-5,13H,6-10H2,1-2H3,(H,17,22)(H,19,24)(H,20,21)/t13-/m0/s1. The Morgan fingerprint density at radius 3 is 3.08 bits per heavy atom. The van der Waals surface area contributed by atoms with Crippen molar-refractivity contribution in [2.24, 2.45) is 0 Å². The Morgan fingerprint density at radius 1 is 1.48 bits per heavy atom. The lowest BCUT2D eigenvalue weighted by Gasteiger charge is -2.32. The molecule has 1 saturated heterocycles. The molecule has 2 aromatic rings. The number of nitrogens with one attached hydrogen (secondary N) is 3. The predicted octanol–water partition coefficient (Wildman–Crippen LogP) is 0.568. The van der Waals surface area contributed by atoms with Crippen LogP contribution >= 0.6 is 0 Å². The van der Waals surface area contributed by atoms with Crippen molar-refractivity contribution in [2.45, 2.75) is 20.0 Å². The lowest BCUT2D eigenvalue weighted by molar-refractivity contribution is -0.119. The SMILES string of the molecule is Cc1n[nH]c(C)c1NC(=O)CN1CCO[C@@H](CNc2cccnn2)C1. The van der Waals surface area contributed by atoms with Crippen LogP contribution in [0.3, 0.4) is 0 Å². The van der Waals surface area contributed by atoms with E-state index in [0.717, 1.165) is 23.6 Å². The van der Waals surface area contributed by atoms with Gasteiger partial charge in [0.1, 0.15) is 5.82 Å². The Bertz CT molecular complexity index is 684. The maximum atomic E-state index is 12.3. The summed E-state index contributed by atoms with van der Waals surface area (Å²) in [5, 5.41) is 20.9. The number of anilines is 2. The van der Waals surface area contributed by atoms with E-state index in [-0.39, 0.29) is 12.0 Å². The van der Waals surface area contributed by atoms with Crippen molar-refractivity contribution >= 4 is 17.4 Å². The van der Waals surface area contributed by atoms with Crippen molar-refractivity contribution in [1.29, 1.82) is 0 Å². The molecule has 0 spiro atoms. The van der Waals surface area contributed by atoms with Gasteiger partial charge in [0.25, 0.3) is 0 Å². The van der Waals surface area contributed by atoms with Crippen molar-refractivity contribution in [3.05, 3.63) is 29.7 Å². The van der Waals surface area contributed by atoms with Crippen molar-refractivity contribution < 1.29 is 9.53 Å². The number of ether oxygens (including phenoxy) is 1. The van der Waals surface area contributed by atoms with Crippen molar-refractivity contribution in [3.8, 4) is 0 Å². The molecule has 0 aromatic carbocycles. The fourth-order valence-electron chi connectivity index (χ4n) is 2.78. The third-order valence-corrected chi connectivity index (χ3v) is 4.07. The third-order valence-electron chi connectivity index (χ3n) is 4.07. The van der Waals surface area contributed by atoms with Gasteiger partial charge in [-0.1, -0.05) is 0 Å². The zero-order chi connectivity index (χ0) is 17.6. The second kappa shape index (κ2) is 8.04. The van der Waals surface area contributed by atoms with Crippen LogP contribution < -0.4 is 10.6 Å². The molecule has 0 aliphatic carbocycles. The number of hydrogen-bond acceptors (Lipinski definition) is 7. The molecular formula is C16H23N7O2. The first-order valence-corrected chi connectivity index (χ1v) is 8.29. The number of hydrogen-bond donors (Lipinski definition) is 3. The van der Waals surface area contributed by atoms with Crippen molar-refractivity contribution in [2.75, 3.05) is 43.4 Å². The van der Waals surface area contributed by atoms with E-state index < -0.39 is 0 Å². The van der Waals surface area contributed by atoms with E-state index in [9.17, 15) is 4.79 Å². The predicted molar refractivity (Wildman–Crippen MR) is 93.4 cm³/mol. The number of amides is 1. The summed E-state index contributed by atoms with van der Waals surface area (Å²) >= 11 is 0. The summed E-state index contributed by atoms with van der Waals surface area (Å²) in [5.41, 5.74) is 2.41. The molecule has 9 nitrogen and oxygen atoms in total. The zero-order valence-corrected chi connectivity index (χ0v) is 14.5. The highest BCUT2D eigenvalue weighted by Crippen LogP contribution is 2.16. The minimum absolute atomic E-state index is 0.000883. The number of nitrogens with zero attached hydrogens (tertiary/aromatic N) is 4. The van der Waals surface area contributed by atoms with Crippen molar-refractivity contribution in [1.82, 2.24) is 25.3 Å². The normalized spacial score (nSPS) is 18.1. The molecule has 3 heterocycles. The van der Waals surface area contributed by atoms with Gasteiger partial charge in [-0.25, -0.2) is 0 Å². The minimum Gasteiger partial charge on any atom is -0.374 e. The lowest BCUT2D eigenvalue weighted by atomic mass is 10.2. The second-order valence-electron chi connectivity index (χ2n) is 6.07. The molecule has 1 fully saturated rings. The quantitative estimate of drug-likeness (QED) is 0.702. The highest BCUT2D eigenvalue weighted by atomic mass is 16.5. The highest BCUT2D eigenvalue weighted by molar-refractivity contribution is 5.93. The fraction of sp³-hybridized carbons (Fsp3) is 0.500. The van der Waals surface area contributed by atoms with Crippen LogP contribution in [0.15, 0.2) is 18.3 Å². The summed E-state index contributed by atoms with van der Waals surface area (Å²) in [6.07, 6.45) is 1.63. The topological polar surface area (TPSA) is 108 Å². The van der Waals surface area contributed by atoms with Crippen LogP contribution in [0, 0.1) is 13.8 Å². The van der Waals surface area contributed by atoms with Gasteiger partial charge >= 0.3 is 0 Å². The summed E-state index contributed by atoms with van der Waals surface area (Å²) in [4.78, 5) is 14.4. The summed E-state index contributed by atoms with van der Waals surface area (Å²) in [6, 6.07) is 3.68. The monoisotopic (exact) mass is 345 g/mol. The first kappa shape index (κ1) is 17.3. The molecule has 25 heavy (non-hydrogen) atoms. The van der Waals surface area contributed by atoms with Crippen LogP contribution in [0.5, 0.6) is 0 Å². The number of carbonyl (C=O) groups is 1. The van der Waals surface area contributed by atoms with E-state index in [1.165, 1.54) is 0 Å². The molecule has 1 aliphatic rings. The number of rotatable bonds is 6. The van der Waals surface area contributed by atoms with Gasteiger partial charge in [0, 0.05) is 25.8 Å². The Kier molecular flexibility index (Phi) is 5.56. The van der Waals surface area contributed by atoms with E-state index in [4.69, 9.17) is 4.74 Å². The molecule has 0 saturated carbocycles. The lowest BCUT2D eigenvalue weighted by Crippen LogP contribution is -2.47. The number of aryl methyl sites for hydroxylation is 2. The zero-order valence-electron chi connectivity index (χ0n) is 14.5. The Morgan fingerprint density at radius 2 is 2.36 bits per heavy atom. The van der Waals surface area contributed by atoms with E-state index in [0.29, 0.717) is 32.1 Å². The summed E-state index contributed by atoms with van der Waals surface area (Å²) in [5.74, 6) is 0.669. The van der Waals surface area contributed by atoms with Gasteiger partial charge in [-0.05, 0) is 26.0 Å². The van der Waals surface area contributed by atoms with E-state index >= 15 is 0 Å². The van der Waals surface area contributed by atoms with Crippen LogP contribution in [-0.2, 0) is 9.53 Å². The molecular weight excluding hydrogens is 322 g/mol. The average Bonchev–Trinajstić information content (AvgIpc) is 2.93. The van der Waals surface area contributed by atoms with E-state index in [1.807, 2.05) is 26.0 Å². The largest absolute Gasteiger partial charge is 0.374 e. The van der Waals surface area contributed by atoms with Crippen molar-refractivity contribution in [3.63, 3.8) is 0 Å². The van der Waals surface area contributed by atoms with Crippen LogP contribution in [0.4, 0.5) is 11.5 Å². The van der Waals surface area contributed by atoms with Gasteiger partial charge < -0.3 is 15.4 Å². The molecule has 2 aromatic heterocycles. The smallest absolute Gasteiger partial charge is 0.238 e. The summed E-state index contributed by atoms with van der Waals surface area (Å²) in [6.45, 7) is 6.72. The average molecular weight is 345 g/mol. The van der Waals surface area contributed by atoms with Gasteiger partial charge in [-0.3, -0.25) is 14.8 Å². The van der Waals surface area contributed by atoms with E-state index in [2.05, 4.69) is 35.9 Å². The molecule has 9 heteroatoms. The molecule has 1 atom stereocenters. The Balaban J connectivity index is 1.47. The summed E-state index contributed by atoms with van der Waals surface area (Å²) < 4.78 is 5.76. The molecule has 134 valence electrons. The molecule has 1 aliphatic heterocycles. The Hall–Kier alpha value is -2.52. The van der Waals surface area contributed by atoms with Gasteiger partial charge in [0.2, 0.25) is 5.91 Å². The number of aromatic nitrogens is 4. The molecule has 3 rings (SSSR count). The van der Waals surface area contributed by atoms with Crippen LogP contribution in [-0.4, -0.2) is 70.1 Å². The maximum Gasteiger partial charge on any atom is 0.238 e. The van der Waals surface area contributed by atoms with Crippen LogP contribution in [0.1, 0.15) is 11.4 Å². The van der Waals surface area contributed by atoms with Crippen LogP contribution in [0.25, 0.3) is 0 Å². The van der Waals surface area contributed by atoms with Gasteiger partial charge in [0.15, 0.2) is 0 Å². The summed E-state index contributed by atoms with van der Waals surface area (Å²) in [7, 11) is 0. The third kappa shape index (κ3) is 4.74. The maximum absolute atomic E-state index is 12.3. The molecule has 3 N–H and O–H groups in total. The molecule has 1 amide bonds. The second-order valence-corrected chi connectivity index (χ2v) is 6.07. The number of H-pyrrole nitrogens is 1. The first-order chi connectivity index (χ1) is 12.1.